The molecule has 4 saturated carbocycles. The molecule has 50 atom stereocenters. The van der Waals surface area contributed by atoms with Crippen molar-refractivity contribution in [3.8, 4) is 0 Å². The molecule has 137 heavy (non-hydrogen) atoms. The molecule has 46 nitrogen and oxygen atoms in total. The summed E-state index contributed by atoms with van der Waals surface area (Å²) in [5, 5.41) is 260. The molecule has 9 heterocycles. The van der Waals surface area contributed by atoms with E-state index in [1.54, 1.807) is 6.92 Å². The summed E-state index contributed by atoms with van der Waals surface area (Å²) in [5.41, 5.74) is -5.34. The number of carbonyl (C=O) groups excluding carboxylic acids is 3. The minimum Gasteiger partial charge on any atom is -0.459 e. The number of fused-ring (bicyclic) bond motifs is 7. The van der Waals surface area contributed by atoms with E-state index in [0.717, 1.165) is 5.57 Å². The van der Waals surface area contributed by atoms with E-state index in [1.165, 1.54) is 32.9 Å². The molecule has 5 aliphatic carbocycles. The lowest BCUT2D eigenvalue weighted by atomic mass is 9.33. The van der Waals surface area contributed by atoms with Gasteiger partial charge in [0.15, 0.2) is 56.4 Å². The number of amides is 1. The highest BCUT2D eigenvalue weighted by molar-refractivity contribution is 5.87. The first-order valence-electron chi connectivity index (χ1n) is 47.5. The smallest absolute Gasteiger partial charge is 0.333 e. The first-order chi connectivity index (χ1) is 64.3. The summed E-state index contributed by atoms with van der Waals surface area (Å²) in [4.78, 5) is 43.6. The number of rotatable bonds is 28. The summed E-state index contributed by atoms with van der Waals surface area (Å²) in [6.45, 7) is 19.5. The van der Waals surface area contributed by atoms with Crippen LogP contribution in [0.5, 0.6) is 0 Å². The number of nitrogens with one attached hydrogen (secondary N) is 1. The van der Waals surface area contributed by atoms with Crippen molar-refractivity contribution in [2.75, 3.05) is 52.9 Å². The molecule has 0 aromatic rings. The number of hydrogen-bond donors (Lipinski definition) is 24. The predicted octanol–water partition coefficient (Wildman–Crippen LogP) is -7.36. The molecule has 0 aromatic heterocycles. The van der Waals surface area contributed by atoms with Crippen LogP contribution in [0.2, 0.25) is 0 Å². The molecule has 46 heteroatoms. The Balaban J connectivity index is 0.729. The zero-order valence-corrected chi connectivity index (χ0v) is 78.6. The maximum Gasteiger partial charge on any atom is 0.333 e. The Morgan fingerprint density at radius 1 is 0.489 bits per heavy atom. The summed E-state index contributed by atoms with van der Waals surface area (Å²) >= 11 is 0. The predicted molar refractivity (Wildman–Crippen MR) is 455 cm³/mol. The molecule has 13 fully saturated rings. The highest BCUT2D eigenvalue weighted by Crippen LogP contribution is 2.76. The third-order valence-electron chi connectivity index (χ3n) is 32.5. The van der Waals surface area contributed by atoms with Crippen molar-refractivity contribution >= 4 is 17.8 Å². The molecule has 0 spiro atoms. The Morgan fingerprint density at radius 3 is 1.61 bits per heavy atom. The second-order valence-electron chi connectivity index (χ2n) is 42.3. The first kappa shape index (κ1) is 109. The second-order valence-corrected chi connectivity index (χ2v) is 42.3. The van der Waals surface area contributed by atoms with Crippen LogP contribution in [0.15, 0.2) is 36.0 Å². The Kier molecular flexibility index (Phi) is 34.0. The van der Waals surface area contributed by atoms with Crippen molar-refractivity contribution in [2.45, 2.75) is 410 Å². The van der Waals surface area contributed by atoms with Gasteiger partial charge >= 0.3 is 11.9 Å². The van der Waals surface area contributed by atoms with Crippen LogP contribution < -0.4 is 5.32 Å². The van der Waals surface area contributed by atoms with Crippen LogP contribution >= 0.6 is 0 Å². The Morgan fingerprint density at radius 2 is 0.993 bits per heavy atom. The van der Waals surface area contributed by atoms with Gasteiger partial charge in [-0.25, -0.2) is 4.79 Å². The SMILES string of the molecule is C=C[C@](C)(CC/C=C(\C)C(=O)OC[C@H]1O[C@@H](OC(=O)[C@]23CCC(C)(C)CC2C2=CC[C@@H]4[C@@]5(C)CC[C@H](O[C@@H]6O[C@H](CO[C@@H]7OC[C@H](O)[C@H](O)[C@H]7O[C@@H]7OC[C@H](O)[C@H](O)[C@H]7O)[C@@H](O)[C@H](O)[C@H]6NC(C)=O)C(C)(C)C5CC[C@@]4(C)[C@]2(C)C[C@H]3O)[C@H](O[C@@H]2O[C@@H](C)[C@H](O[C@@H]3OC[C@@H](O)[C@H](O[C@@H]4OC[C@@H](O)[C@H](O)[C@H]4O)[C@H]3O)[C@@H](O[C@@H]3O[C@H](CO)[C@@H](O)[C@H](O)[C@H]3O)[C@H]2O)[C@@H](O)[C@@H]1O)O[C@@H]1OC[C@@H](O)[C@H](O)[C@H]1O. The molecular weight excluding hydrogens is 1830 g/mol. The van der Waals surface area contributed by atoms with Crippen LogP contribution in [0.1, 0.15) is 147 Å². The molecule has 14 rings (SSSR count). The Bertz CT molecular complexity index is 4140. The average molecular weight is 1970 g/mol. The third kappa shape index (κ3) is 21.1. The van der Waals surface area contributed by atoms with E-state index < -0.39 is 366 Å². The molecule has 784 valence electrons. The number of allylic oxidation sites excluding steroid dienone is 3. The van der Waals surface area contributed by atoms with Gasteiger partial charge in [-0.15, -0.1) is 6.58 Å². The first-order valence-corrected chi connectivity index (χ1v) is 47.5. The van der Waals surface area contributed by atoms with Gasteiger partial charge in [0.25, 0.3) is 0 Å². The van der Waals surface area contributed by atoms with Crippen molar-refractivity contribution in [3.63, 3.8) is 0 Å². The van der Waals surface area contributed by atoms with Crippen molar-refractivity contribution in [1.29, 1.82) is 0 Å². The highest BCUT2D eigenvalue weighted by atomic mass is 16.8. The van der Waals surface area contributed by atoms with Crippen LogP contribution in [-0.4, -0.2) is 452 Å². The molecule has 14 aliphatic rings. The van der Waals surface area contributed by atoms with E-state index in [2.05, 4.69) is 66.4 Å². The van der Waals surface area contributed by atoms with Gasteiger partial charge in [-0.3, -0.25) is 9.59 Å². The van der Waals surface area contributed by atoms with Crippen LogP contribution in [-0.2, 0) is 104 Å². The average Bonchev–Trinajstić information content (AvgIpc) is 0.668. The topological polar surface area (TPSA) is 704 Å². The van der Waals surface area contributed by atoms with Gasteiger partial charge in [-0.2, -0.15) is 0 Å². The number of aliphatic hydroxyl groups excluding tert-OH is 23. The van der Waals surface area contributed by atoms with Crippen LogP contribution in [0.25, 0.3) is 0 Å². The van der Waals surface area contributed by atoms with Crippen LogP contribution in [0.3, 0.4) is 0 Å². The van der Waals surface area contributed by atoms with E-state index in [4.69, 9.17) is 90.0 Å². The number of esters is 2. The molecule has 0 radical (unpaired) electrons. The standard InChI is InChI=1S/C91H145NO45/c1-13-87(9,137-79-65(113)55(103)42(97)30-123-79)20-14-15-35(2)74(117)119-33-46-59(107)62(110)73(135-81-68(116)71(133-80-66(114)61(109)57(105)45(27-93)127-80)69(36(3)126-81)131-78-67(115)70(44(99)32-122-78)132-76-63(111)53(101)40(95)28-120-76)83(129-46)136-84(118)91-24-23-85(5,6)25-39(91)38-16-17-49-88(10)21-19-51(86(7,8)48(88)18-22-89(49,11)90(38,12)26-50(91)100)130-75-52(92-37(4)94)60(108)58(106)47(128-75)34-125-82-72(56(104)43(98)31-124-82)134-77-64(112)54(102)41(96)29-121-77/h13,15-16,36,39-73,75-83,93,95-116H,1,14,17-34H2,2-12H3,(H,92,94)/b35-15+/t36-,39?,40+,41-,42+,43-,44+,45+,46+,47+,48?,49+,50+,51-,52+,53-,54-,55-,56-,57+,58+,59+,60+,61-,62-,63+,64+,65+,66+,67+,68+,69-,70-,71-,72+,73+,75-,76-,77-,78-,79-,80-,81-,82-,83-,87+,88-,89+,90+,91+/m0/s1. The monoisotopic (exact) mass is 1970 g/mol. The van der Waals surface area contributed by atoms with Crippen molar-refractivity contribution < 1.29 is 222 Å². The van der Waals surface area contributed by atoms with Gasteiger partial charge in [0.05, 0.1) is 70.2 Å². The maximum absolute atomic E-state index is 16.6. The minimum absolute atomic E-state index is 0.00138. The van der Waals surface area contributed by atoms with Gasteiger partial charge < -0.3 is 213 Å². The number of hydrogen-bond acceptors (Lipinski definition) is 45. The van der Waals surface area contributed by atoms with Crippen molar-refractivity contribution in [2.24, 2.45) is 50.2 Å². The van der Waals surface area contributed by atoms with Crippen LogP contribution in [0, 0.1) is 50.2 Å². The zero-order valence-electron chi connectivity index (χ0n) is 78.6. The fourth-order valence-electron chi connectivity index (χ4n) is 24.0. The highest BCUT2D eigenvalue weighted by Gasteiger charge is 2.73. The van der Waals surface area contributed by atoms with Gasteiger partial charge in [-0.1, -0.05) is 72.3 Å². The molecule has 24 N–H and O–H groups in total. The zero-order chi connectivity index (χ0) is 100. The number of carbonyl (C=O) groups is 3. The van der Waals surface area contributed by atoms with E-state index in [9.17, 15) is 127 Å². The van der Waals surface area contributed by atoms with Gasteiger partial charge in [0, 0.05) is 12.5 Å². The van der Waals surface area contributed by atoms with Crippen molar-refractivity contribution in [3.05, 3.63) is 36.0 Å². The maximum atomic E-state index is 16.6. The quantitative estimate of drug-likeness (QED) is 0.0150. The molecule has 2 unspecified atom stereocenters. The van der Waals surface area contributed by atoms with E-state index >= 15 is 4.79 Å². The lowest BCUT2D eigenvalue weighted by Gasteiger charge is -2.72. The molecule has 0 bridgehead atoms. The lowest BCUT2D eigenvalue weighted by Crippen LogP contribution is -2.69. The summed E-state index contributed by atoms with van der Waals surface area (Å²) in [6.07, 6.45) is -63.5. The van der Waals surface area contributed by atoms with Crippen molar-refractivity contribution in [1.82, 2.24) is 5.32 Å². The van der Waals surface area contributed by atoms with Gasteiger partial charge in [0.2, 0.25) is 12.2 Å². The van der Waals surface area contributed by atoms with E-state index in [0.29, 0.717) is 44.9 Å². The van der Waals surface area contributed by atoms with Gasteiger partial charge in [-0.05, 0) is 136 Å². The van der Waals surface area contributed by atoms with Crippen LogP contribution in [0.4, 0.5) is 0 Å². The fourth-order valence-corrected chi connectivity index (χ4v) is 24.0. The van der Waals surface area contributed by atoms with E-state index in [-0.39, 0.29) is 49.7 Å². The summed E-state index contributed by atoms with van der Waals surface area (Å²) < 4.78 is 115. The van der Waals surface area contributed by atoms with Gasteiger partial charge in [0.1, 0.15) is 189 Å². The lowest BCUT2D eigenvalue weighted by molar-refractivity contribution is -0.398. The van der Waals surface area contributed by atoms with E-state index in [1.807, 2.05) is 0 Å². The normalized spacial score (nSPS) is 50.5. The summed E-state index contributed by atoms with van der Waals surface area (Å²) in [7, 11) is 0. The largest absolute Gasteiger partial charge is 0.459 e. The molecule has 0 aromatic carbocycles. The summed E-state index contributed by atoms with van der Waals surface area (Å²) in [5.74, 6) is -3.59. The molecule has 9 aliphatic heterocycles. The number of ether oxygens (including phenoxy) is 19. The fraction of sp³-hybridized carbons (Fsp3) is 0.901. The number of aliphatic hydroxyl groups is 23. The molecular formula is C91H145NO45. The summed E-state index contributed by atoms with van der Waals surface area (Å²) in [6, 6.07) is -1.33. The second kappa shape index (κ2) is 42.8. The Labute approximate surface area is 791 Å². The minimum atomic E-state index is -2.32. The Hall–Kier alpha value is -3.97. The third-order valence-corrected chi connectivity index (χ3v) is 32.5. The molecule has 1 amide bonds. The molecule has 9 saturated heterocycles.